The first-order chi connectivity index (χ1) is 7.67. The van der Waals surface area contributed by atoms with Crippen LogP contribution in [0.5, 0.6) is 0 Å². The molecule has 2 unspecified atom stereocenters. The maximum atomic E-state index is 8.85. The van der Waals surface area contributed by atoms with Crippen LogP contribution in [0.1, 0.15) is 31.9 Å². The van der Waals surface area contributed by atoms with E-state index in [1.165, 1.54) is 10.5 Å². The third-order valence-corrected chi connectivity index (χ3v) is 3.46. The van der Waals surface area contributed by atoms with Gasteiger partial charge >= 0.3 is 0 Å². The van der Waals surface area contributed by atoms with Crippen molar-refractivity contribution in [1.29, 1.82) is 0 Å². The third kappa shape index (κ3) is 4.16. The van der Waals surface area contributed by atoms with Crippen molar-refractivity contribution in [2.24, 2.45) is 0 Å². The van der Waals surface area contributed by atoms with E-state index in [0.717, 1.165) is 6.42 Å². The van der Waals surface area contributed by atoms with Crippen molar-refractivity contribution >= 4 is 11.8 Å². The van der Waals surface area contributed by atoms with Gasteiger partial charge in [0, 0.05) is 23.6 Å². The molecule has 1 aromatic rings. The molecule has 0 aliphatic carbocycles. The van der Waals surface area contributed by atoms with E-state index in [2.05, 4.69) is 49.7 Å². The lowest BCUT2D eigenvalue weighted by Crippen LogP contribution is -2.29. The van der Waals surface area contributed by atoms with Crippen LogP contribution in [0, 0.1) is 0 Å². The van der Waals surface area contributed by atoms with Crippen LogP contribution in [0.15, 0.2) is 29.2 Å². The van der Waals surface area contributed by atoms with E-state index in [1.54, 1.807) is 11.8 Å². The van der Waals surface area contributed by atoms with Crippen LogP contribution in [0.2, 0.25) is 0 Å². The van der Waals surface area contributed by atoms with Gasteiger partial charge in [0.25, 0.3) is 0 Å². The molecule has 0 aliphatic heterocycles. The SMILES string of the molecule is CSc1ccc(C(C)NC(C)CCO)cc1. The van der Waals surface area contributed by atoms with Gasteiger partial charge < -0.3 is 10.4 Å². The molecule has 0 amide bonds. The van der Waals surface area contributed by atoms with E-state index in [-0.39, 0.29) is 6.61 Å². The van der Waals surface area contributed by atoms with Crippen molar-refractivity contribution in [2.45, 2.75) is 37.2 Å². The third-order valence-electron chi connectivity index (χ3n) is 2.71. The Morgan fingerprint density at radius 2 is 1.88 bits per heavy atom. The Morgan fingerprint density at radius 1 is 1.25 bits per heavy atom. The zero-order chi connectivity index (χ0) is 12.0. The van der Waals surface area contributed by atoms with Crippen molar-refractivity contribution in [3.8, 4) is 0 Å². The molecule has 0 bridgehead atoms. The molecule has 0 aromatic heterocycles. The molecule has 2 atom stereocenters. The summed E-state index contributed by atoms with van der Waals surface area (Å²) in [5.41, 5.74) is 1.29. The first-order valence-electron chi connectivity index (χ1n) is 5.68. The van der Waals surface area contributed by atoms with Crippen LogP contribution >= 0.6 is 11.8 Å². The van der Waals surface area contributed by atoms with E-state index < -0.39 is 0 Å². The second-order valence-electron chi connectivity index (χ2n) is 4.07. The summed E-state index contributed by atoms with van der Waals surface area (Å²) in [6.07, 6.45) is 2.88. The molecule has 0 aliphatic rings. The maximum Gasteiger partial charge on any atom is 0.0445 e. The minimum Gasteiger partial charge on any atom is -0.396 e. The molecule has 0 heterocycles. The molecule has 0 spiro atoms. The largest absolute Gasteiger partial charge is 0.396 e. The fourth-order valence-corrected chi connectivity index (χ4v) is 2.10. The quantitative estimate of drug-likeness (QED) is 0.749. The summed E-state index contributed by atoms with van der Waals surface area (Å²) in [4.78, 5) is 1.29. The van der Waals surface area contributed by atoms with Gasteiger partial charge in [-0.05, 0) is 44.2 Å². The molecule has 0 radical (unpaired) electrons. The maximum absolute atomic E-state index is 8.85. The number of benzene rings is 1. The van der Waals surface area contributed by atoms with Crippen LogP contribution < -0.4 is 5.32 Å². The van der Waals surface area contributed by atoms with Gasteiger partial charge in [-0.15, -0.1) is 11.8 Å². The molecule has 16 heavy (non-hydrogen) atoms. The Kier molecular flexibility index (Phi) is 5.88. The molecule has 0 saturated heterocycles. The highest BCUT2D eigenvalue weighted by Gasteiger charge is 2.08. The molecule has 90 valence electrons. The Balaban J connectivity index is 2.55. The van der Waals surface area contributed by atoms with Crippen LogP contribution in [-0.2, 0) is 0 Å². The van der Waals surface area contributed by atoms with Crippen LogP contribution in [0.3, 0.4) is 0 Å². The Labute approximate surface area is 102 Å². The molecule has 0 saturated carbocycles. The fourth-order valence-electron chi connectivity index (χ4n) is 1.69. The molecule has 0 fully saturated rings. The molecule has 1 rings (SSSR count). The average molecular weight is 239 g/mol. The molecule has 2 N–H and O–H groups in total. The van der Waals surface area contributed by atoms with Crippen molar-refractivity contribution in [2.75, 3.05) is 12.9 Å². The monoisotopic (exact) mass is 239 g/mol. The van der Waals surface area contributed by atoms with E-state index in [4.69, 9.17) is 5.11 Å². The number of aliphatic hydroxyl groups excluding tert-OH is 1. The van der Waals surface area contributed by atoms with E-state index >= 15 is 0 Å². The van der Waals surface area contributed by atoms with E-state index in [0.29, 0.717) is 12.1 Å². The van der Waals surface area contributed by atoms with Gasteiger partial charge in [0.15, 0.2) is 0 Å². The zero-order valence-electron chi connectivity index (χ0n) is 10.2. The number of hydrogen-bond donors (Lipinski definition) is 2. The summed E-state index contributed by atoms with van der Waals surface area (Å²) in [6, 6.07) is 9.30. The summed E-state index contributed by atoms with van der Waals surface area (Å²) in [5.74, 6) is 0. The number of aliphatic hydroxyl groups is 1. The van der Waals surface area contributed by atoms with Gasteiger partial charge in [0.05, 0.1) is 0 Å². The van der Waals surface area contributed by atoms with Gasteiger partial charge in [0.2, 0.25) is 0 Å². The number of hydrogen-bond acceptors (Lipinski definition) is 3. The standard InChI is InChI=1S/C13H21NOS/c1-10(8-9-15)14-11(2)12-4-6-13(16-3)7-5-12/h4-7,10-11,14-15H,8-9H2,1-3H3. The predicted octanol–water partition coefficient (Wildman–Crippen LogP) is 2.83. The van der Waals surface area contributed by atoms with Gasteiger partial charge in [-0.3, -0.25) is 0 Å². The molecule has 3 heteroatoms. The molecule has 1 aromatic carbocycles. The second-order valence-corrected chi connectivity index (χ2v) is 4.95. The number of thioether (sulfide) groups is 1. The summed E-state index contributed by atoms with van der Waals surface area (Å²) in [7, 11) is 0. The molecular weight excluding hydrogens is 218 g/mol. The van der Waals surface area contributed by atoms with Crippen molar-refractivity contribution in [3.63, 3.8) is 0 Å². The highest BCUT2D eigenvalue weighted by molar-refractivity contribution is 7.98. The Morgan fingerprint density at radius 3 is 2.38 bits per heavy atom. The first-order valence-corrected chi connectivity index (χ1v) is 6.90. The lowest BCUT2D eigenvalue weighted by Gasteiger charge is -2.19. The Bertz CT molecular complexity index is 299. The van der Waals surface area contributed by atoms with Crippen LogP contribution in [-0.4, -0.2) is 24.0 Å². The topological polar surface area (TPSA) is 32.3 Å². The van der Waals surface area contributed by atoms with Crippen LogP contribution in [0.4, 0.5) is 0 Å². The lowest BCUT2D eigenvalue weighted by molar-refractivity contribution is 0.264. The second kappa shape index (κ2) is 6.94. The minimum absolute atomic E-state index is 0.242. The minimum atomic E-state index is 0.242. The molecule has 2 nitrogen and oxygen atoms in total. The van der Waals surface area contributed by atoms with Crippen LogP contribution in [0.25, 0.3) is 0 Å². The van der Waals surface area contributed by atoms with Crippen molar-refractivity contribution in [3.05, 3.63) is 29.8 Å². The van der Waals surface area contributed by atoms with Gasteiger partial charge in [-0.25, -0.2) is 0 Å². The van der Waals surface area contributed by atoms with Gasteiger partial charge in [-0.1, -0.05) is 12.1 Å². The lowest BCUT2D eigenvalue weighted by atomic mass is 10.1. The summed E-state index contributed by atoms with van der Waals surface area (Å²) < 4.78 is 0. The van der Waals surface area contributed by atoms with Crippen molar-refractivity contribution < 1.29 is 5.11 Å². The number of nitrogens with one attached hydrogen (secondary N) is 1. The predicted molar refractivity (Wildman–Crippen MR) is 70.9 cm³/mol. The Hall–Kier alpha value is -0.510. The zero-order valence-corrected chi connectivity index (χ0v) is 11.1. The van der Waals surface area contributed by atoms with Crippen molar-refractivity contribution in [1.82, 2.24) is 5.32 Å². The van der Waals surface area contributed by atoms with E-state index in [1.807, 2.05) is 0 Å². The fraction of sp³-hybridized carbons (Fsp3) is 0.538. The smallest absolute Gasteiger partial charge is 0.0445 e. The van der Waals surface area contributed by atoms with Gasteiger partial charge in [-0.2, -0.15) is 0 Å². The normalized spacial score (nSPS) is 14.8. The summed E-state index contributed by atoms with van der Waals surface area (Å²) in [6.45, 7) is 4.50. The summed E-state index contributed by atoms with van der Waals surface area (Å²) in [5, 5.41) is 12.3. The average Bonchev–Trinajstić information content (AvgIpc) is 2.29. The first kappa shape index (κ1) is 13.6. The number of rotatable bonds is 6. The molecular formula is C13H21NOS. The highest BCUT2D eigenvalue weighted by Crippen LogP contribution is 2.19. The van der Waals surface area contributed by atoms with Gasteiger partial charge in [0.1, 0.15) is 0 Å². The summed E-state index contributed by atoms with van der Waals surface area (Å²) >= 11 is 1.76. The van der Waals surface area contributed by atoms with E-state index in [9.17, 15) is 0 Å². The highest BCUT2D eigenvalue weighted by atomic mass is 32.2.